The number of hydrogen-bond acceptors (Lipinski definition) is 4. The molecule has 0 bridgehead atoms. The van der Waals surface area contributed by atoms with Crippen LogP contribution in [0.2, 0.25) is 0 Å². The number of hydrogen-bond donors (Lipinski definition) is 1. The molecule has 1 saturated heterocycles. The van der Waals surface area contributed by atoms with E-state index in [4.69, 9.17) is 0 Å². The molecule has 1 unspecified atom stereocenters. The maximum atomic E-state index is 11.5. The fraction of sp³-hybridized carbons (Fsp3) is 0.727. The molecule has 0 spiro atoms. The predicted molar refractivity (Wildman–Crippen MR) is 66.5 cm³/mol. The van der Waals surface area contributed by atoms with Gasteiger partial charge in [-0.3, -0.25) is 0 Å². The van der Waals surface area contributed by atoms with Crippen molar-refractivity contribution in [2.75, 3.05) is 18.1 Å². The molecule has 1 aliphatic heterocycles. The lowest BCUT2D eigenvalue weighted by atomic mass is 10.2. The Kier molecular flexibility index (Phi) is 3.83. The molecular weight excluding hydrogens is 238 g/mol. The summed E-state index contributed by atoms with van der Waals surface area (Å²) < 4.78 is 24.9. The first kappa shape index (κ1) is 12.6. The Morgan fingerprint density at radius 1 is 1.59 bits per heavy atom. The summed E-state index contributed by atoms with van der Waals surface area (Å²) in [5.74, 6) is 0.557. The summed E-state index contributed by atoms with van der Waals surface area (Å²) in [7, 11) is -2.83. The van der Waals surface area contributed by atoms with Gasteiger partial charge in [0.25, 0.3) is 0 Å². The standard InChI is InChI=1S/C11H19N3O2S/c1-2-4-12-6-11-7-13-9-14(11)10-3-5-17(15,16)8-10/h7,9-10,12H,2-6,8H2,1H3. The minimum atomic E-state index is -2.83. The zero-order valence-electron chi connectivity index (χ0n) is 10.1. The van der Waals surface area contributed by atoms with Crippen molar-refractivity contribution in [3.05, 3.63) is 18.2 Å². The second-order valence-electron chi connectivity index (χ2n) is 4.53. The van der Waals surface area contributed by atoms with Crippen LogP contribution in [0.4, 0.5) is 0 Å². The van der Waals surface area contributed by atoms with Crippen molar-refractivity contribution in [2.24, 2.45) is 0 Å². The molecule has 1 N–H and O–H groups in total. The third kappa shape index (κ3) is 3.07. The summed E-state index contributed by atoms with van der Waals surface area (Å²) in [6, 6.07) is 0.0703. The van der Waals surface area contributed by atoms with Gasteiger partial charge in [-0.25, -0.2) is 13.4 Å². The molecule has 0 radical (unpaired) electrons. The third-order valence-corrected chi connectivity index (χ3v) is 4.83. The maximum Gasteiger partial charge on any atom is 0.152 e. The zero-order valence-corrected chi connectivity index (χ0v) is 10.9. The van der Waals surface area contributed by atoms with Gasteiger partial charge in [0.15, 0.2) is 9.84 Å². The Balaban J connectivity index is 2.04. The number of sulfone groups is 1. The van der Waals surface area contributed by atoms with Gasteiger partial charge in [-0.1, -0.05) is 6.92 Å². The number of nitrogens with zero attached hydrogens (tertiary/aromatic N) is 2. The van der Waals surface area contributed by atoms with Crippen LogP contribution in [-0.4, -0.2) is 36.0 Å². The van der Waals surface area contributed by atoms with Gasteiger partial charge in [-0.2, -0.15) is 0 Å². The van der Waals surface area contributed by atoms with E-state index < -0.39 is 9.84 Å². The zero-order chi connectivity index (χ0) is 12.3. The summed E-state index contributed by atoms with van der Waals surface area (Å²) in [6.07, 6.45) is 5.35. The molecule has 96 valence electrons. The van der Waals surface area contributed by atoms with Gasteiger partial charge < -0.3 is 9.88 Å². The van der Waals surface area contributed by atoms with E-state index >= 15 is 0 Å². The van der Waals surface area contributed by atoms with Gasteiger partial charge in [0.1, 0.15) is 0 Å². The minimum Gasteiger partial charge on any atom is -0.329 e. The molecule has 6 heteroatoms. The first-order valence-electron chi connectivity index (χ1n) is 6.04. The normalized spacial score (nSPS) is 23.0. The van der Waals surface area contributed by atoms with Gasteiger partial charge in [0.2, 0.25) is 0 Å². The summed E-state index contributed by atoms with van der Waals surface area (Å²) in [6.45, 7) is 3.84. The first-order chi connectivity index (χ1) is 8.12. The van der Waals surface area contributed by atoms with Crippen LogP contribution in [-0.2, 0) is 16.4 Å². The highest BCUT2D eigenvalue weighted by molar-refractivity contribution is 7.91. The maximum absolute atomic E-state index is 11.5. The molecule has 5 nitrogen and oxygen atoms in total. The molecular formula is C11H19N3O2S. The van der Waals surface area contributed by atoms with Crippen LogP contribution in [0.25, 0.3) is 0 Å². The number of nitrogens with one attached hydrogen (secondary N) is 1. The van der Waals surface area contributed by atoms with Crippen molar-refractivity contribution in [1.29, 1.82) is 0 Å². The van der Waals surface area contributed by atoms with E-state index in [-0.39, 0.29) is 11.8 Å². The quantitative estimate of drug-likeness (QED) is 0.790. The van der Waals surface area contributed by atoms with Crippen molar-refractivity contribution < 1.29 is 8.42 Å². The lowest BCUT2D eigenvalue weighted by Gasteiger charge is -2.14. The molecule has 1 aliphatic rings. The highest BCUT2D eigenvalue weighted by atomic mass is 32.2. The Hall–Kier alpha value is -0.880. The lowest BCUT2D eigenvalue weighted by Crippen LogP contribution is -2.19. The molecule has 1 fully saturated rings. The highest BCUT2D eigenvalue weighted by Crippen LogP contribution is 2.24. The van der Waals surface area contributed by atoms with Crippen LogP contribution < -0.4 is 5.32 Å². The third-order valence-electron chi connectivity index (χ3n) is 3.08. The monoisotopic (exact) mass is 257 g/mol. The van der Waals surface area contributed by atoms with Crippen molar-refractivity contribution in [2.45, 2.75) is 32.4 Å². The van der Waals surface area contributed by atoms with Crippen molar-refractivity contribution in [3.8, 4) is 0 Å². The van der Waals surface area contributed by atoms with E-state index in [9.17, 15) is 8.42 Å². The van der Waals surface area contributed by atoms with Crippen LogP contribution in [0, 0.1) is 0 Å². The molecule has 0 aliphatic carbocycles. The molecule has 0 saturated carbocycles. The number of imidazole rings is 1. The van der Waals surface area contributed by atoms with Crippen LogP contribution in [0.15, 0.2) is 12.5 Å². The van der Waals surface area contributed by atoms with E-state index in [1.165, 1.54) is 0 Å². The van der Waals surface area contributed by atoms with Crippen molar-refractivity contribution in [1.82, 2.24) is 14.9 Å². The Bertz CT molecular complexity index is 467. The average Bonchev–Trinajstić information content (AvgIpc) is 2.85. The van der Waals surface area contributed by atoms with Crippen molar-refractivity contribution >= 4 is 9.84 Å². The predicted octanol–water partition coefficient (Wildman–Crippen LogP) is 0.742. The van der Waals surface area contributed by atoms with Gasteiger partial charge >= 0.3 is 0 Å². The smallest absolute Gasteiger partial charge is 0.152 e. The van der Waals surface area contributed by atoms with E-state index in [2.05, 4.69) is 17.2 Å². The van der Waals surface area contributed by atoms with Gasteiger partial charge in [0, 0.05) is 18.8 Å². The summed E-state index contributed by atoms with van der Waals surface area (Å²) in [4.78, 5) is 4.12. The SMILES string of the molecule is CCCNCc1cncn1C1CCS(=O)(=O)C1. The number of aromatic nitrogens is 2. The first-order valence-corrected chi connectivity index (χ1v) is 7.86. The van der Waals surface area contributed by atoms with Crippen LogP contribution >= 0.6 is 0 Å². The second-order valence-corrected chi connectivity index (χ2v) is 6.75. The molecule has 17 heavy (non-hydrogen) atoms. The molecule has 1 atom stereocenters. The molecule has 1 aromatic heterocycles. The minimum absolute atomic E-state index is 0.0703. The Labute approximate surface area is 102 Å². The largest absolute Gasteiger partial charge is 0.329 e. The summed E-state index contributed by atoms with van der Waals surface area (Å²) >= 11 is 0. The highest BCUT2D eigenvalue weighted by Gasteiger charge is 2.29. The van der Waals surface area contributed by atoms with E-state index in [0.717, 1.165) is 25.2 Å². The summed E-state index contributed by atoms with van der Waals surface area (Å²) in [5, 5.41) is 3.31. The van der Waals surface area contributed by atoms with Gasteiger partial charge in [-0.05, 0) is 19.4 Å². The van der Waals surface area contributed by atoms with Crippen LogP contribution in [0.1, 0.15) is 31.5 Å². The van der Waals surface area contributed by atoms with Gasteiger partial charge in [0.05, 0.1) is 23.5 Å². The molecule has 2 rings (SSSR count). The van der Waals surface area contributed by atoms with Crippen LogP contribution in [0.3, 0.4) is 0 Å². The molecule has 1 aromatic rings. The topological polar surface area (TPSA) is 64.0 Å². The average molecular weight is 257 g/mol. The van der Waals surface area contributed by atoms with E-state index in [1.54, 1.807) is 6.33 Å². The van der Waals surface area contributed by atoms with Crippen molar-refractivity contribution in [3.63, 3.8) is 0 Å². The fourth-order valence-corrected chi connectivity index (χ4v) is 3.90. The Morgan fingerprint density at radius 2 is 2.41 bits per heavy atom. The van der Waals surface area contributed by atoms with Gasteiger partial charge in [-0.15, -0.1) is 0 Å². The molecule has 0 amide bonds. The Morgan fingerprint density at radius 3 is 3.06 bits per heavy atom. The second kappa shape index (κ2) is 5.18. The summed E-state index contributed by atoms with van der Waals surface area (Å²) in [5.41, 5.74) is 1.07. The van der Waals surface area contributed by atoms with Crippen LogP contribution in [0.5, 0.6) is 0 Å². The lowest BCUT2D eigenvalue weighted by molar-refractivity contribution is 0.520. The molecule has 0 aromatic carbocycles. The van der Waals surface area contributed by atoms with E-state index in [1.807, 2.05) is 10.8 Å². The number of rotatable bonds is 5. The molecule has 2 heterocycles. The van der Waals surface area contributed by atoms with E-state index in [0.29, 0.717) is 12.2 Å². The fourth-order valence-electron chi connectivity index (χ4n) is 2.19.